The molecule has 1 aliphatic rings. The molecule has 0 unspecified atom stereocenters. The first-order valence-electron chi connectivity index (χ1n) is 6.81. The lowest BCUT2D eigenvalue weighted by molar-refractivity contribution is -0.142. The van der Waals surface area contributed by atoms with Crippen molar-refractivity contribution in [2.75, 3.05) is 32.8 Å². The van der Waals surface area contributed by atoms with Gasteiger partial charge in [0.1, 0.15) is 6.61 Å². The highest BCUT2D eigenvalue weighted by molar-refractivity contribution is 5.97. The van der Waals surface area contributed by atoms with Gasteiger partial charge >= 0.3 is 0 Å². The van der Waals surface area contributed by atoms with Gasteiger partial charge in [-0.15, -0.1) is 0 Å². The number of H-pyrrole nitrogens is 1. The number of fused-ring (bicyclic) bond motifs is 1. The van der Waals surface area contributed by atoms with E-state index in [9.17, 15) is 9.59 Å². The summed E-state index contributed by atoms with van der Waals surface area (Å²) in [6, 6.07) is 5.29. The van der Waals surface area contributed by atoms with E-state index < -0.39 is 0 Å². The van der Waals surface area contributed by atoms with Gasteiger partial charge in [0, 0.05) is 25.2 Å². The fourth-order valence-corrected chi connectivity index (χ4v) is 2.27. The maximum absolute atomic E-state index is 12.1. The normalized spacial score (nSPS) is 15.4. The third kappa shape index (κ3) is 3.03. The number of aromatic amines is 1. The largest absolute Gasteiger partial charge is 0.370 e. The summed E-state index contributed by atoms with van der Waals surface area (Å²) in [5.41, 5.74) is 2.22. The van der Waals surface area contributed by atoms with Crippen LogP contribution in [0.4, 0.5) is 0 Å². The summed E-state index contributed by atoms with van der Waals surface area (Å²) in [6.45, 7) is 2.18. The van der Waals surface area contributed by atoms with Crippen molar-refractivity contribution in [1.82, 2.24) is 20.2 Å². The van der Waals surface area contributed by atoms with Crippen LogP contribution < -0.4 is 5.32 Å². The van der Waals surface area contributed by atoms with Gasteiger partial charge in [-0.1, -0.05) is 0 Å². The Hall–Kier alpha value is -2.41. The number of hydrogen-bond acceptors (Lipinski definition) is 4. The Morgan fingerprint density at radius 2 is 2.38 bits per heavy atom. The molecule has 0 radical (unpaired) electrons. The molecule has 0 saturated carbocycles. The third-order valence-electron chi connectivity index (χ3n) is 3.43. The molecule has 110 valence electrons. The highest BCUT2D eigenvalue weighted by Crippen LogP contribution is 2.11. The van der Waals surface area contributed by atoms with Crippen molar-refractivity contribution >= 4 is 22.8 Å². The molecule has 1 fully saturated rings. The summed E-state index contributed by atoms with van der Waals surface area (Å²) < 4.78 is 5.05. The zero-order valence-electron chi connectivity index (χ0n) is 11.5. The number of nitrogens with one attached hydrogen (secondary N) is 2. The van der Waals surface area contributed by atoms with Crippen molar-refractivity contribution in [3.8, 4) is 0 Å². The number of nitrogens with zero attached hydrogens (tertiary/aromatic N) is 2. The number of carbonyl (C=O) groups excluding carboxylic acids is 2. The van der Waals surface area contributed by atoms with Gasteiger partial charge in [-0.2, -0.15) is 0 Å². The smallest absolute Gasteiger partial charge is 0.251 e. The molecule has 2 amide bonds. The Labute approximate surface area is 121 Å². The maximum Gasteiger partial charge on any atom is 0.251 e. The van der Waals surface area contributed by atoms with Crippen LogP contribution >= 0.6 is 0 Å². The first-order valence-corrected chi connectivity index (χ1v) is 6.81. The number of rotatable bonds is 4. The number of morpholine rings is 1. The fraction of sp³-hybridized carbons (Fsp3) is 0.357. The van der Waals surface area contributed by atoms with Crippen LogP contribution in [0.5, 0.6) is 0 Å². The second kappa shape index (κ2) is 5.92. The van der Waals surface area contributed by atoms with Crippen molar-refractivity contribution in [3.05, 3.63) is 30.1 Å². The molecule has 21 heavy (non-hydrogen) atoms. The van der Waals surface area contributed by atoms with Gasteiger partial charge in [0.15, 0.2) is 0 Å². The second-order valence-corrected chi connectivity index (χ2v) is 4.82. The van der Waals surface area contributed by atoms with Crippen LogP contribution in [0.25, 0.3) is 11.0 Å². The standard InChI is InChI=1S/C14H16N4O3/c19-13-8-21-6-5-18(13)4-3-15-14(20)10-1-2-11-12(7-10)17-9-16-11/h1-2,7,9H,3-6,8H2,(H,15,20)(H,16,17). The molecule has 1 aromatic carbocycles. The molecule has 1 saturated heterocycles. The Bertz CT molecular complexity index is 667. The fourth-order valence-electron chi connectivity index (χ4n) is 2.27. The Balaban J connectivity index is 1.54. The number of imidazole rings is 1. The van der Waals surface area contributed by atoms with Gasteiger partial charge in [-0.3, -0.25) is 9.59 Å². The van der Waals surface area contributed by atoms with Crippen LogP contribution in [0.1, 0.15) is 10.4 Å². The zero-order valence-corrected chi connectivity index (χ0v) is 11.5. The van der Waals surface area contributed by atoms with E-state index in [1.165, 1.54) is 0 Å². The predicted octanol–water partition coefficient (Wildman–Crippen LogP) is 0.152. The van der Waals surface area contributed by atoms with E-state index in [1.807, 2.05) is 0 Å². The highest BCUT2D eigenvalue weighted by Gasteiger charge is 2.18. The van der Waals surface area contributed by atoms with Gasteiger partial charge in [-0.25, -0.2) is 4.98 Å². The average Bonchev–Trinajstić information content (AvgIpc) is 2.96. The summed E-state index contributed by atoms with van der Waals surface area (Å²) in [6.07, 6.45) is 1.59. The number of ether oxygens (including phenoxy) is 1. The summed E-state index contributed by atoms with van der Waals surface area (Å²) in [4.78, 5) is 32.4. The number of amides is 2. The first-order chi connectivity index (χ1) is 10.2. The van der Waals surface area contributed by atoms with Crippen LogP contribution in [0.15, 0.2) is 24.5 Å². The van der Waals surface area contributed by atoms with E-state index in [1.54, 1.807) is 29.4 Å². The molecular weight excluding hydrogens is 272 g/mol. The predicted molar refractivity (Wildman–Crippen MR) is 75.8 cm³/mol. The van der Waals surface area contributed by atoms with E-state index in [4.69, 9.17) is 4.74 Å². The Morgan fingerprint density at radius 1 is 1.48 bits per heavy atom. The van der Waals surface area contributed by atoms with Crippen LogP contribution in [-0.4, -0.2) is 59.5 Å². The van der Waals surface area contributed by atoms with Crippen molar-refractivity contribution in [2.24, 2.45) is 0 Å². The lowest BCUT2D eigenvalue weighted by Gasteiger charge is -2.26. The van der Waals surface area contributed by atoms with Gasteiger partial charge in [0.2, 0.25) is 5.91 Å². The molecule has 0 atom stereocenters. The lowest BCUT2D eigenvalue weighted by Crippen LogP contribution is -2.45. The summed E-state index contributed by atoms with van der Waals surface area (Å²) in [5, 5.41) is 2.82. The molecule has 1 aliphatic heterocycles. The molecule has 7 nitrogen and oxygen atoms in total. The minimum Gasteiger partial charge on any atom is -0.370 e. The van der Waals surface area contributed by atoms with Crippen molar-refractivity contribution in [2.45, 2.75) is 0 Å². The third-order valence-corrected chi connectivity index (χ3v) is 3.43. The van der Waals surface area contributed by atoms with Crippen LogP contribution in [0.3, 0.4) is 0 Å². The number of hydrogen-bond donors (Lipinski definition) is 2. The summed E-state index contributed by atoms with van der Waals surface area (Å²) in [7, 11) is 0. The average molecular weight is 288 g/mol. The van der Waals surface area contributed by atoms with E-state index in [-0.39, 0.29) is 18.4 Å². The van der Waals surface area contributed by atoms with Crippen LogP contribution in [0, 0.1) is 0 Å². The molecule has 2 aromatic rings. The number of aromatic nitrogens is 2. The Morgan fingerprint density at radius 3 is 3.24 bits per heavy atom. The van der Waals surface area contributed by atoms with Crippen molar-refractivity contribution < 1.29 is 14.3 Å². The van der Waals surface area contributed by atoms with E-state index in [0.717, 1.165) is 11.0 Å². The number of carbonyl (C=O) groups is 2. The van der Waals surface area contributed by atoms with Gasteiger partial charge < -0.3 is 19.9 Å². The molecule has 7 heteroatoms. The minimum absolute atomic E-state index is 0.0330. The molecule has 3 rings (SSSR count). The van der Waals surface area contributed by atoms with Crippen LogP contribution in [0.2, 0.25) is 0 Å². The van der Waals surface area contributed by atoms with Crippen molar-refractivity contribution in [3.63, 3.8) is 0 Å². The molecule has 1 aromatic heterocycles. The quantitative estimate of drug-likeness (QED) is 0.838. The van der Waals surface area contributed by atoms with Gasteiger partial charge in [0.05, 0.1) is 24.0 Å². The molecule has 0 spiro atoms. The SMILES string of the molecule is O=C(NCCN1CCOCC1=O)c1ccc2nc[nH]c2c1. The van der Waals surface area contributed by atoms with Gasteiger partial charge in [-0.05, 0) is 18.2 Å². The minimum atomic E-state index is -0.160. The molecular formula is C14H16N4O3. The molecule has 0 aliphatic carbocycles. The molecule has 2 heterocycles. The zero-order chi connectivity index (χ0) is 14.7. The molecule has 2 N–H and O–H groups in total. The van der Waals surface area contributed by atoms with E-state index >= 15 is 0 Å². The van der Waals surface area contributed by atoms with E-state index in [0.29, 0.717) is 31.8 Å². The topological polar surface area (TPSA) is 87.3 Å². The molecule has 0 bridgehead atoms. The van der Waals surface area contributed by atoms with E-state index in [2.05, 4.69) is 15.3 Å². The number of benzene rings is 1. The Kier molecular flexibility index (Phi) is 3.83. The van der Waals surface area contributed by atoms with Crippen molar-refractivity contribution in [1.29, 1.82) is 0 Å². The first kappa shape index (κ1) is 13.6. The lowest BCUT2D eigenvalue weighted by atomic mass is 10.2. The second-order valence-electron chi connectivity index (χ2n) is 4.82. The maximum atomic E-state index is 12.1. The van der Waals surface area contributed by atoms with Crippen LogP contribution in [-0.2, 0) is 9.53 Å². The van der Waals surface area contributed by atoms with Gasteiger partial charge in [0.25, 0.3) is 5.91 Å². The monoisotopic (exact) mass is 288 g/mol. The highest BCUT2D eigenvalue weighted by atomic mass is 16.5. The summed E-state index contributed by atoms with van der Waals surface area (Å²) in [5.74, 6) is -0.193. The summed E-state index contributed by atoms with van der Waals surface area (Å²) >= 11 is 0.